The maximum absolute atomic E-state index is 11.9. The van der Waals surface area contributed by atoms with Crippen molar-refractivity contribution in [3.05, 3.63) is 22.8 Å². The van der Waals surface area contributed by atoms with E-state index in [0.29, 0.717) is 0 Å². The fraction of sp³-hybridized carbons (Fsp3) is 0.333. The van der Waals surface area contributed by atoms with Crippen LogP contribution < -0.4 is 5.32 Å². The molecule has 7 nitrogen and oxygen atoms in total. The highest BCUT2D eigenvalue weighted by atomic mass is 32.2. The summed E-state index contributed by atoms with van der Waals surface area (Å²) in [7, 11) is 0. The molecule has 2 rings (SSSR count). The van der Waals surface area contributed by atoms with E-state index in [1.165, 1.54) is 17.8 Å². The number of aliphatic carboxylic acids is 1. The van der Waals surface area contributed by atoms with Crippen LogP contribution in [-0.2, 0) is 14.4 Å². The smallest absolute Gasteiger partial charge is 0.352 e. The zero-order valence-corrected chi connectivity index (χ0v) is 11.3. The summed E-state index contributed by atoms with van der Waals surface area (Å²) in [4.78, 5) is 36.3. The number of allylic oxidation sites excluding steroid dienone is 2. The van der Waals surface area contributed by atoms with Gasteiger partial charge in [0.1, 0.15) is 23.5 Å². The maximum Gasteiger partial charge on any atom is 0.352 e. The number of hydrogen-bond acceptors (Lipinski definition) is 5. The Labute approximate surface area is 118 Å². The highest BCUT2D eigenvalue weighted by Crippen LogP contribution is 2.42. The number of carbonyl (C=O) groups excluding carboxylic acids is 2. The second kappa shape index (κ2) is 5.38. The van der Waals surface area contributed by atoms with E-state index < -0.39 is 29.2 Å². The Morgan fingerprint density at radius 3 is 2.90 bits per heavy atom. The van der Waals surface area contributed by atoms with Crippen LogP contribution in [0.1, 0.15) is 13.3 Å². The zero-order valence-electron chi connectivity index (χ0n) is 10.5. The molecule has 0 saturated carbocycles. The summed E-state index contributed by atoms with van der Waals surface area (Å²) in [6, 6.07) is 0.901. The molecule has 0 aliphatic carbocycles. The molecule has 2 aliphatic rings. The van der Waals surface area contributed by atoms with E-state index in [-0.39, 0.29) is 12.1 Å². The van der Waals surface area contributed by atoms with E-state index in [0.717, 1.165) is 9.81 Å². The van der Waals surface area contributed by atoms with E-state index >= 15 is 0 Å². The van der Waals surface area contributed by atoms with Gasteiger partial charge in [0.25, 0.3) is 5.91 Å². The molecule has 2 atom stereocenters. The van der Waals surface area contributed by atoms with Crippen molar-refractivity contribution in [2.45, 2.75) is 24.8 Å². The zero-order chi connectivity index (χ0) is 14.9. The standard InChI is InChI=1S/C12H11N3O4S/c1-2-6-5-7(12(18)19)15-10(17)9(11(15)20-6)14-8(16)3-4-13/h2,5,9,11H,3H2,1H3,(H,14,16)(H,18,19)/t9?,11-/m1/s1. The van der Waals surface area contributed by atoms with Gasteiger partial charge in [-0.2, -0.15) is 5.26 Å². The number of thioether (sulfide) groups is 1. The Morgan fingerprint density at radius 1 is 1.65 bits per heavy atom. The number of nitriles is 1. The molecule has 1 fully saturated rings. The lowest BCUT2D eigenvalue weighted by molar-refractivity contribution is -0.150. The normalized spacial score (nSPS) is 26.2. The van der Waals surface area contributed by atoms with Crippen molar-refractivity contribution in [1.82, 2.24) is 10.2 Å². The van der Waals surface area contributed by atoms with Crippen molar-refractivity contribution < 1.29 is 19.5 Å². The van der Waals surface area contributed by atoms with Gasteiger partial charge in [-0.3, -0.25) is 14.5 Å². The second-order valence-corrected chi connectivity index (χ2v) is 5.31. The third-order valence-corrected chi connectivity index (χ3v) is 4.25. The van der Waals surface area contributed by atoms with Crippen molar-refractivity contribution >= 4 is 29.5 Å². The molecule has 0 aromatic carbocycles. The summed E-state index contributed by atoms with van der Waals surface area (Å²) in [5.74, 6) is -2.21. The summed E-state index contributed by atoms with van der Waals surface area (Å²) in [5, 5.41) is 19.5. The average Bonchev–Trinajstić information content (AvgIpc) is 2.43. The number of rotatable bonds is 3. The van der Waals surface area contributed by atoms with Crippen LogP contribution in [-0.4, -0.2) is 39.2 Å². The van der Waals surface area contributed by atoms with E-state index in [2.05, 4.69) is 5.32 Å². The van der Waals surface area contributed by atoms with Crippen LogP contribution in [0.5, 0.6) is 0 Å². The van der Waals surface area contributed by atoms with Crippen LogP contribution in [0.15, 0.2) is 22.8 Å². The molecule has 2 amide bonds. The summed E-state index contributed by atoms with van der Waals surface area (Å²) in [6.45, 7) is 1.76. The number of β-lactam (4-membered cyclic amide) rings is 1. The molecule has 0 spiro atoms. The van der Waals surface area contributed by atoms with Crippen molar-refractivity contribution in [3.8, 4) is 6.07 Å². The Kier molecular flexibility index (Phi) is 3.81. The van der Waals surface area contributed by atoms with Crippen LogP contribution in [0, 0.1) is 11.3 Å². The number of carbonyl (C=O) groups is 3. The molecule has 0 aromatic rings. The second-order valence-electron chi connectivity index (χ2n) is 4.12. The van der Waals surface area contributed by atoms with Gasteiger partial charge in [-0.15, -0.1) is 0 Å². The van der Waals surface area contributed by atoms with Gasteiger partial charge in [-0.05, 0) is 13.0 Å². The third kappa shape index (κ3) is 2.28. The molecule has 20 heavy (non-hydrogen) atoms. The lowest BCUT2D eigenvalue weighted by Gasteiger charge is -2.48. The molecule has 1 saturated heterocycles. The molecule has 0 radical (unpaired) electrons. The van der Waals surface area contributed by atoms with Crippen molar-refractivity contribution in [1.29, 1.82) is 5.26 Å². The van der Waals surface area contributed by atoms with E-state index in [9.17, 15) is 14.4 Å². The van der Waals surface area contributed by atoms with Crippen LogP contribution in [0.3, 0.4) is 0 Å². The SMILES string of the molecule is CC=C1C=C(C(=O)O)N2C(=O)C(NC(=O)CC#N)[C@H]2S1. The summed E-state index contributed by atoms with van der Waals surface area (Å²) < 4.78 is 0. The van der Waals surface area contributed by atoms with Gasteiger partial charge in [-0.25, -0.2) is 4.79 Å². The first kappa shape index (κ1) is 14.1. The average molecular weight is 293 g/mol. The number of hydrogen-bond donors (Lipinski definition) is 2. The van der Waals surface area contributed by atoms with Crippen molar-refractivity contribution in [2.24, 2.45) is 0 Å². The van der Waals surface area contributed by atoms with Gasteiger partial charge in [0.05, 0.1) is 6.07 Å². The Hall–Kier alpha value is -2.27. The fourth-order valence-corrected chi connectivity index (χ4v) is 3.20. The van der Waals surface area contributed by atoms with Gasteiger partial charge in [0, 0.05) is 4.91 Å². The molecule has 1 unspecified atom stereocenters. The lowest BCUT2D eigenvalue weighted by atomic mass is 10.0. The number of nitrogens with one attached hydrogen (secondary N) is 1. The Bertz CT molecular complexity index is 590. The molecular weight excluding hydrogens is 282 g/mol. The van der Waals surface area contributed by atoms with E-state index in [4.69, 9.17) is 10.4 Å². The van der Waals surface area contributed by atoms with Crippen LogP contribution >= 0.6 is 11.8 Å². The minimum absolute atomic E-state index is 0.0994. The Morgan fingerprint density at radius 2 is 2.35 bits per heavy atom. The highest BCUT2D eigenvalue weighted by Gasteiger charge is 2.53. The number of amides is 2. The molecule has 2 N–H and O–H groups in total. The molecule has 0 bridgehead atoms. The van der Waals surface area contributed by atoms with E-state index in [1.54, 1.807) is 19.1 Å². The van der Waals surface area contributed by atoms with Gasteiger partial charge in [0.2, 0.25) is 5.91 Å². The summed E-state index contributed by atoms with van der Waals surface area (Å²) in [6.07, 6.45) is 2.83. The predicted molar refractivity (Wildman–Crippen MR) is 69.9 cm³/mol. The van der Waals surface area contributed by atoms with Crippen LogP contribution in [0.4, 0.5) is 0 Å². The monoisotopic (exact) mass is 293 g/mol. The molecule has 2 heterocycles. The Balaban J connectivity index is 2.20. The number of fused-ring (bicyclic) bond motifs is 1. The largest absolute Gasteiger partial charge is 0.477 e. The fourth-order valence-electron chi connectivity index (χ4n) is 1.96. The van der Waals surface area contributed by atoms with Crippen molar-refractivity contribution in [2.75, 3.05) is 0 Å². The first-order valence-electron chi connectivity index (χ1n) is 5.77. The third-order valence-electron chi connectivity index (χ3n) is 2.90. The number of nitrogens with zero attached hydrogens (tertiary/aromatic N) is 2. The van der Waals surface area contributed by atoms with Crippen LogP contribution in [0.25, 0.3) is 0 Å². The minimum atomic E-state index is -1.19. The van der Waals surface area contributed by atoms with Gasteiger partial charge >= 0.3 is 5.97 Å². The minimum Gasteiger partial charge on any atom is -0.477 e. The molecule has 2 aliphatic heterocycles. The first-order chi connectivity index (χ1) is 9.49. The molecule has 0 aromatic heterocycles. The van der Waals surface area contributed by atoms with E-state index in [1.807, 2.05) is 0 Å². The summed E-state index contributed by atoms with van der Waals surface area (Å²) in [5.41, 5.74) is -0.0994. The number of carboxylic acid groups (broad SMARTS) is 1. The number of carboxylic acids is 1. The van der Waals surface area contributed by atoms with Crippen molar-refractivity contribution in [3.63, 3.8) is 0 Å². The first-order valence-corrected chi connectivity index (χ1v) is 6.65. The lowest BCUT2D eigenvalue weighted by Crippen LogP contribution is -2.70. The quantitative estimate of drug-likeness (QED) is 0.718. The topological polar surface area (TPSA) is 110 Å². The summed E-state index contributed by atoms with van der Waals surface area (Å²) >= 11 is 1.30. The van der Waals surface area contributed by atoms with Crippen LogP contribution in [0.2, 0.25) is 0 Å². The maximum atomic E-state index is 11.9. The van der Waals surface area contributed by atoms with Gasteiger partial charge < -0.3 is 10.4 Å². The predicted octanol–water partition coefficient (Wildman–Crippen LogP) is 0.172. The highest BCUT2D eigenvalue weighted by molar-refractivity contribution is 8.04. The molecular formula is C12H11N3O4S. The molecule has 104 valence electrons. The van der Waals surface area contributed by atoms with Gasteiger partial charge in [-0.1, -0.05) is 17.8 Å². The van der Waals surface area contributed by atoms with Gasteiger partial charge in [0.15, 0.2) is 0 Å². The molecule has 8 heteroatoms.